The predicted molar refractivity (Wildman–Crippen MR) is 104 cm³/mol. The number of aromatic nitrogens is 3. The number of fused-ring (bicyclic) bond motifs is 2. The number of aromatic amines is 2. The van der Waals surface area contributed by atoms with E-state index in [4.69, 9.17) is 10.00 Å². The van der Waals surface area contributed by atoms with Crippen LogP contribution >= 0.6 is 0 Å². The number of hydrogen-bond acceptors (Lipinski definition) is 4. The molecule has 0 spiro atoms. The van der Waals surface area contributed by atoms with Gasteiger partial charge in [0.1, 0.15) is 5.69 Å². The van der Waals surface area contributed by atoms with Gasteiger partial charge in [-0.15, -0.1) is 0 Å². The van der Waals surface area contributed by atoms with Crippen LogP contribution in [0.4, 0.5) is 0 Å². The number of ether oxygens (including phenoxy) is 1. The van der Waals surface area contributed by atoms with Gasteiger partial charge in [0.25, 0.3) is 0 Å². The normalized spacial score (nSPS) is 15.4. The van der Waals surface area contributed by atoms with Crippen LogP contribution in [0.1, 0.15) is 11.1 Å². The van der Waals surface area contributed by atoms with E-state index in [-0.39, 0.29) is 0 Å². The minimum Gasteiger partial charge on any atom is -0.379 e. The number of nitriles is 1. The van der Waals surface area contributed by atoms with Crippen molar-refractivity contribution in [3.63, 3.8) is 0 Å². The monoisotopic (exact) mass is 357 g/mol. The van der Waals surface area contributed by atoms with E-state index < -0.39 is 0 Å². The number of hydrogen-bond donors (Lipinski definition) is 2. The summed E-state index contributed by atoms with van der Waals surface area (Å²) in [4.78, 5) is 5.93. The Kier molecular flexibility index (Phi) is 3.89. The molecule has 5 rings (SSSR count). The van der Waals surface area contributed by atoms with Gasteiger partial charge in [-0.3, -0.25) is 10.00 Å². The fraction of sp³-hybridized carbons (Fsp3) is 0.238. The molecule has 0 atom stereocenters. The fourth-order valence-corrected chi connectivity index (χ4v) is 3.78. The van der Waals surface area contributed by atoms with Gasteiger partial charge >= 0.3 is 0 Å². The second-order valence-electron chi connectivity index (χ2n) is 6.89. The Hall–Kier alpha value is -3.14. The van der Waals surface area contributed by atoms with Crippen molar-refractivity contribution in [2.45, 2.75) is 6.54 Å². The number of benzene rings is 2. The standard InChI is InChI=1S/C21H19N5O/c22-12-14-4-5-16-19(10-14)24-25-21(16)20-11-17-15(2-1-3-18(17)23-20)13-26-6-8-27-9-7-26/h1-5,10-11,23H,6-9,13H2,(H,24,25). The first-order chi connectivity index (χ1) is 13.3. The van der Waals surface area contributed by atoms with Crippen LogP contribution in [0.15, 0.2) is 42.5 Å². The lowest BCUT2D eigenvalue weighted by molar-refractivity contribution is 0.0344. The van der Waals surface area contributed by atoms with Gasteiger partial charge in [-0.1, -0.05) is 12.1 Å². The predicted octanol–water partition coefficient (Wildman–Crippen LogP) is 3.42. The zero-order chi connectivity index (χ0) is 18.2. The molecule has 0 radical (unpaired) electrons. The van der Waals surface area contributed by atoms with Gasteiger partial charge in [-0.2, -0.15) is 10.4 Å². The summed E-state index contributed by atoms with van der Waals surface area (Å²) < 4.78 is 5.46. The van der Waals surface area contributed by atoms with Crippen molar-refractivity contribution in [2.24, 2.45) is 0 Å². The molecular weight excluding hydrogens is 338 g/mol. The summed E-state index contributed by atoms with van der Waals surface area (Å²) in [5.41, 5.74) is 5.78. The number of morpholine rings is 1. The second kappa shape index (κ2) is 6.54. The molecule has 1 saturated heterocycles. The van der Waals surface area contributed by atoms with Crippen molar-refractivity contribution in [2.75, 3.05) is 26.3 Å². The summed E-state index contributed by atoms with van der Waals surface area (Å²) in [5, 5.41) is 18.8. The summed E-state index contributed by atoms with van der Waals surface area (Å²) in [5.74, 6) is 0. The third-order valence-electron chi connectivity index (χ3n) is 5.20. The lowest BCUT2D eigenvalue weighted by Gasteiger charge is -2.26. The molecular formula is C21H19N5O. The average Bonchev–Trinajstić information content (AvgIpc) is 3.32. The van der Waals surface area contributed by atoms with Crippen LogP contribution in [0.5, 0.6) is 0 Å². The van der Waals surface area contributed by atoms with E-state index >= 15 is 0 Å². The van der Waals surface area contributed by atoms with Crippen LogP contribution in [-0.2, 0) is 11.3 Å². The van der Waals surface area contributed by atoms with E-state index in [2.05, 4.69) is 50.4 Å². The summed E-state index contributed by atoms with van der Waals surface area (Å²) in [6, 6.07) is 16.3. The Morgan fingerprint density at radius 1 is 1.07 bits per heavy atom. The highest BCUT2D eigenvalue weighted by atomic mass is 16.5. The molecule has 2 N–H and O–H groups in total. The Balaban J connectivity index is 1.55. The van der Waals surface area contributed by atoms with E-state index in [0.29, 0.717) is 5.56 Å². The smallest absolute Gasteiger partial charge is 0.116 e. The number of nitrogens with zero attached hydrogens (tertiary/aromatic N) is 3. The van der Waals surface area contributed by atoms with Crippen molar-refractivity contribution in [3.8, 4) is 17.5 Å². The summed E-state index contributed by atoms with van der Waals surface area (Å²) in [6.07, 6.45) is 0. The topological polar surface area (TPSA) is 80.7 Å². The van der Waals surface area contributed by atoms with Crippen LogP contribution < -0.4 is 0 Å². The Bertz CT molecular complexity index is 1160. The molecule has 0 aliphatic carbocycles. The Morgan fingerprint density at radius 3 is 2.81 bits per heavy atom. The van der Waals surface area contributed by atoms with Gasteiger partial charge in [-0.05, 0) is 35.9 Å². The molecule has 0 bridgehead atoms. The average molecular weight is 357 g/mol. The van der Waals surface area contributed by atoms with Crippen molar-refractivity contribution in [3.05, 3.63) is 53.6 Å². The molecule has 1 fully saturated rings. The van der Waals surface area contributed by atoms with Crippen LogP contribution in [0.3, 0.4) is 0 Å². The minimum atomic E-state index is 0.627. The quantitative estimate of drug-likeness (QED) is 0.589. The van der Waals surface area contributed by atoms with E-state index in [1.54, 1.807) is 0 Å². The van der Waals surface area contributed by atoms with E-state index in [9.17, 15) is 0 Å². The third-order valence-corrected chi connectivity index (χ3v) is 5.20. The molecule has 1 aliphatic rings. The molecule has 6 heteroatoms. The molecule has 1 aliphatic heterocycles. The highest BCUT2D eigenvalue weighted by Crippen LogP contribution is 2.30. The van der Waals surface area contributed by atoms with Crippen LogP contribution in [0, 0.1) is 11.3 Å². The molecule has 6 nitrogen and oxygen atoms in total. The first-order valence-corrected chi connectivity index (χ1v) is 9.11. The molecule has 0 saturated carbocycles. The van der Waals surface area contributed by atoms with Gasteiger partial charge in [0.2, 0.25) is 0 Å². The van der Waals surface area contributed by atoms with Gasteiger partial charge in [0, 0.05) is 35.9 Å². The highest BCUT2D eigenvalue weighted by Gasteiger charge is 2.15. The van der Waals surface area contributed by atoms with Crippen molar-refractivity contribution >= 4 is 21.8 Å². The fourth-order valence-electron chi connectivity index (χ4n) is 3.78. The molecule has 27 heavy (non-hydrogen) atoms. The highest BCUT2D eigenvalue weighted by molar-refractivity contribution is 5.96. The maximum absolute atomic E-state index is 9.08. The minimum absolute atomic E-state index is 0.627. The maximum atomic E-state index is 9.08. The van der Waals surface area contributed by atoms with Crippen LogP contribution in [-0.4, -0.2) is 46.4 Å². The SMILES string of the molecule is N#Cc1ccc2c(-c3cc4c(CN5CCOCC5)cccc4[nH]3)n[nH]c2c1. The molecule has 0 amide bonds. The van der Waals surface area contributed by atoms with E-state index in [1.807, 2.05) is 18.2 Å². The van der Waals surface area contributed by atoms with Gasteiger partial charge in [-0.25, -0.2) is 0 Å². The lowest BCUT2D eigenvalue weighted by Crippen LogP contribution is -2.35. The van der Waals surface area contributed by atoms with E-state index in [0.717, 1.165) is 60.7 Å². The molecule has 134 valence electrons. The lowest BCUT2D eigenvalue weighted by atomic mass is 10.1. The summed E-state index contributed by atoms with van der Waals surface area (Å²) in [6.45, 7) is 4.47. The Labute approximate surface area is 156 Å². The van der Waals surface area contributed by atoms with Crippen molar-refractivity contribution in [1.29, 1.82) is 5.26 Å². The number of rotatable bonds is 3. The molecule has 4 aromatic rings. The van der Waals surface area contributed by atoms with Crippen LogP contribution in [0.2, 0.25) is 0 Å². The Morgan fingerprint density at radius 2 is 1.96 bits per heavy atom. The van der Waals surface area contributed by atoms with Gasteiger partial charge in [0.05, 0.1) is 36.1 Å². The molecule has 3 heterocycles. The zero-order valence-electron chi connectivity index (χ0n) is 14.8. The van der Waals surface area contributed by atoms with Crippen LogP contribution in [0.25, 0.3) is 33.2 Å². The largest absolute Gasteiger partial charge is 0.379 e. The third kappa shape index (κ3) is 2.87. The summed E-state index contributed by atoms with van der Waals surface area (Å²) >= 11 is 0. The first kappa shape index (κ1) is 16.1. The van der Waals surface area contributed by atoms with Crippen molar-refractivity contribution in [1.82, 2.24) is 20.1 Å². The van der Waals surface area contributed by atoms with E-state index in [1.165, 1.54) is 10.9 Å². The van der Waals surface area contributed by atoms with Crippen molar-refractivity contribution < 1.29 is 4.74 Å². The van der Waals surface area contributed by atoms with Gasteiger partial charge < -0.3 is 9.72 Å². The summed E-state index contributed by atoms with van der Waals surface area (Å²) in [7, 11) is 0. The molecule has 2 aromatic carbocycles. The maximum Gasteiger partial charge on any atom is 0.116 e. The number of H-pyrrole nitrogens is 2. The van der Waals surface area contributed by atoms with Gasteiger partial charge in [0.15, 0.2) is 0 Å². The second-order valence-corrected chi connectivity index (χ2v) is 6.89. The molecule has 2 aromatic heterocycles. The zero-order valence-corrected chi connectivity index (χ0v) is 14.8. The molecule has 0 unspecified atom stereocenters. The first-order valence-electron chi connectivity index (χ1n) is 9.11. The number of nitrogens with one attached hydrogen (secondary N) is 2.